The minimum Gasteiger partial charge on any atom is -0.300 e. The number of hydrogen-bond acceptors (Lipinski definition) is 3. The molecule has 1 atom stereocenters. The summed E-state index contributed by atoms with van der Waals surface area (Å²) in [5.74, 6) is -0.0705. The predicted octanol–water partition coefficient (Wildman–Crippen LogP) is 0.386. The Labute approximate surface area is 65.3 Å². The van der Waals surface area contributed by atoms with Crippen molar-refractivity contribution in [2.24, 2.45) is 0 Å². The van der Waals surface area contributed by atoms with Crippen LogP contribution in [0.15, 0.2) is 0 Å². The van der Waals surface area contributed by atoms with Crippen LogP contribution in [0.25, 0.3) is 0 Å². The first-order chi connectivity index (χ1) is 5.00. The highest BCUT2D eigenvalue weighted by molar-refractivity contribution is 7.86. The summed E-state index contributed by atoms with van der Waals surface area (Å²) in [5.41, 5.74) is 0. The molecule has 64 valence electrons. The average Bonchev–Trinajstić information content (AvgIpc) is 1.86. The fourth-order valence-electron chi connectivity index (χ4n) is 1.24. The highest BCUT2D eigenvalue weighted by atomic mass is 32.2. The molecule has 11 heavy (non-hydrogen) atoms. The molecule has 1 N–H and O–H groups in total. The number of ketones is 1. The molecule has 0 heterocycles. The second-order valence-corrected chi connectivity index (χ2v) is 4.47. The molecule has 4 nitrogen and oxygen atoms in total. The highest BCUT2D eigenvalue weighted by Crippen LogP contribution is 2.20. The lowest BCUT2D eigenvalue weighted by molar-refractivity contribution is -0.120. The molecule has 0 amide bonds. The van der Waals surface area contributed by atoms with Crippen molar-refractivity contribution in [3.05, 3.63) is 0 Å². The summed E-state index contributed by atoms with van der Waals surface area (Å²) < 4.78 is 29.7. The van der Waals surface area contributed by atoms with E-state index in [0.717, 1.165) is 0 Å². The third-order valence-electron chi connectivity index (χ3n) is 1.86. The summed E-state index contributed by atoms with van der Waals surface area (Å²) in [6.07, 6.45) is 1.42. The Hall–Kier alpha value is -0.420. The van der Waals surface area contributed by atoms with E-state index in [1.165, 1.54) is 0 Å². The lowest BCUT2D eigenvalue weighted by atomic mass is 9.99. The molecule has 1 aliphatic rings. The van der Waals surface area contributed by atoms with Crippen molar-refractivity contribution in [2.75, 3.05) is 0 Å². The zero-order valence-corrected chi connectivity index (χ0v) is 6.80. The smallest absolute Gasteiger partial charge is 0.268 e. The predicted molar refractivity (Wildman–Crippen MR) is 38.8 cm³/mol. The van der Waals surface area contributed by atoms with Crippen LogP contribution in [-0.4, -0.2) is 24.0 Å². The molecule has 0 aromatic rings. The Morgan fingerprint density at radius 3 is 2.45 bits per heavy atom. The van der Waals surface area contributed by atoms with Crippen LogP contribution in [0.3, 0.4) is 0 Å². The van der Waals surface area contributed by atoms with Crippen LogP contribution in [0, 0.1) is 0 Å². The number of carbonyl (C=O) groups is 1. The summed E-state index contributed by atoms with van der Waals surface area (Å²) in [5, 5.41) is -0.844. The Kier molecular flexibility index (Phi) is 2.29. The van der Waals surface area contributed by atoms with Crippen molar-refractivity contribution in [1.82, 2.24) is 0 Å². The van der Waals surface area contributed by atoms with Gasteiger partial charge >= 0.3 is 0 Å². The maximum Gasteiger partial charge on any atom is 0.268 e. The Morgan fingerprint density at radius 1 is 1.45 bits per heavy atom. The monoisotopic (exact) mass is 178 g/mol. The van der Waals surface area contributed by atoms with Gasteiger partial charge in [0.05, 0.1) is 5.25 Å². The quantitative estimate of drug-likeness (QED) is 0.589. The molecule has 1 saturated carbocycles. The summed E-state index contributed by atoms with van der Waals surface area (Å²) >= 11 is 0. The van der Waals surface area contributed by atoms with Gasteiger partial charge in [-0.2, -0.15) is 8.42 Å². The van der Waals surface area contributed by atoms with Gasteiger partial charge in [0, 0.05) is 12.8 Å². The molecular weight excluding hydrogens is 168 g/mol. The molecule has 0 spiro atoms. The topological polar surface area (TPSA) is 71.4 Å². The van der Waals surface area contributed by atoms with Crippen molar-refractivity contribution >= 4 is 15.9 Å². The van der Waals surface area contributed by atoms with Gasteiger partial charge in [0.2, 0.25) is 0 Å². The van der Waals surface area contributed by atoms with E-state index in [4.69, 9.17) is 4.55 Å². The molecule has 1 unspecified atom stereocenters. The van der Waals surface area contributed by atoms with E-state index in [9.17, 15) is 13.2 Å². The zero-order chi connectivity index (χ0) is 8.48. The lowest BCUT2D eigenvalue weighted by Gasteiger charge is -2.17. The maximum atomic E-state index is 10.7. The normalized spacial score (nSPS) is 27.0. The van der Waals surface area contributed by atoms with Crippen LogP contribution in [0.5, 0.6) is 0 Å². The molecule has 0 saturated heterocycles. The van der Waals surface area contributed by atoms with E-state index in [-0.39, 0.29) is 12.2 Å². The number of carbonyl (C=O) groups excluding carboxylic acids is 1. The van der Waals surface area contributed by atoms with E-state index in [1.807, 2.05) is 0 Å². The van der Waals surface area contributed by atoms with Gasteiger partial charge in [0.25, 0.3) is 10.1 Å². The van der Waals surface area contributed by atoms with Gasteiger partial charge < -0.3 is 0 Å². The van der Waals surface area contributed by atoms with E-state index in [0.29, 0.717) is 19.3 Å². The van der Waals surface area contributed by atoms with E-state index < -0.39 is 15.4 Å². The molecule has 1 aliphatic carbocycles. The fourth-order valence-corrected chi connectivity index (χ4v) is 2.10. The van der Waals surface area contributed by atoms with Crippen LogP contribution in [0.1, 0.15) is 25.7 Å². The van der Waals surface area contributed by atoms with Crippen molar-refractivity contribution in [1.29, 1.82) is 0 Å². The minimum atomic E-state index is -3.98. The van der Waals surface area contributed by atoms with Crippen molar-refractivity contribution in [2.45, 2.75) is 30.9 Å². The van der Waals surface area contributed by atoms with E-state index in [1.54, 1.807) is 0 Å². The first kappa shape index (κ1) is 8.67. The fraction of sp³-hybridized carbons (Fsp3) is 0.833. The van der Waals surface area contributed by atoms with Gasteiger partial charge in [-0.25, -0.2) is 0 Å². The molecular formula is C6H10O4S. The molecule has 0 aliphatic heterocycles. The number of hydrogen-bond donors (Lipinski definition) is 1. The first-order valence-corrected chi connectivity index (χ1v) is 4.98. The van der Waals surface area contributed by atoms with E-state index >= 15 is 0 Å². The summed E-state index contributed by atoms with van der Waals surface area (Å²) in [6.45, 7) is 0. The second kappa shape index (κ2) is 2.91. The molecule has 1 rings (SSSR count). The first-order valence-electron chi connectivity index (χ1n) is 3.48. The maximum absolute atomic E-state index is 10.7. The standard InChI is InChI=1S/C6H10O4S/c7-5-2-1-3-6(4-5)11(8,9)10/h6H,1-4H2,(H,8,9,10). The van der Waals surface area contributed by atoms with Gasteiger partial charge in [-0.05, 0) is 12.8 Å². The number of Topliss-reactive ketones (excluding diaryl/α,β-unsaturated/α-hetero) is 1. The van der Waals surface area contributed by atoms with Crippen LogP contribution < -0.4 is 0 Å². The molecule has 0 aromatic carbocycles. The van der Waals surface area contributed by atoms with Crippen molar-refractivity contribution < 1.29 is 17.8 Å². The third-order valence-corrected chi connectivity index (χ3v) is 3.10. The second-order valence-electron chi connectivity index (χ2n) is 2.77. The minimum absolute atomic E-state index is 0.0150. The third kappa shape index (κ3) is 2.27. The number of rotatable bonds is 1. The summed E-state index contributed by atoms with van der Waals surface area (Å²) in [7, 11) is -3.98. The van der Waals surface area contributed by atoms with Crippen LogP contribution >= 0.6 is 0 Å². The molecule has 0 radical (unpaired) electrons. The van der Waals surface area contributed by atoms with Gasteiger partial charge in [0.1, 0.15) is 5.78 Å². The molecule has 1 fully saturated rings. The van der Waals surface area contributed by atoms with Gasteiger partial charge in [-0.1, -0.05) is 0 Å². The average molecular weight is 178 g/mol. The SMILES string of the molecule is O=C1CCCC(S(=O)(=O)O)C1. The van der Waals surface area contributed by atoms with Crippen LogP contribution in [0.2, 0.25) is 0 Å². The van der Waals surface area contributed by atoms with Crippen LogP contribution in [-0.2, 0) is 14.9 Å². The Bertz CT molecular complexity index is 254. The lowest BCUT2D eigenvalue weighted by Crippen LogP contribution is -2.27. The van der Waals surface area contributed by atoms with Gasteiger partial charge in [-0.15, -0.1) is 0 Å². The van der Waals surface area contributed by atoms with E-state index in [2.05, 4.69) is 0 Å². The Morgan fingerprint density at radius 2 is 2.09 bits per heavy atom. The Balaban J connectivity index is 2.68. The molecule has 0 bridgehead atoms. The van der Waals surface area contributed by atoms with Gasteiger partial charge in [-0.3, -0.25) is 9.35 Å². The summed E-state index contributed by atoms with van der Waals surface area (Å²) in [4.78, 5) is 10.7. The van der Waals surface area contributed by atoms with Crippen molar-refractivity contribution in [3.63, 3.8) is 0 Å². The largest absolute Gasteiger partial charge is 0.300 e. The highest BCUT2D eigenvalue weighted by Gasteiger charge is 2.28. The van der Waals surface area contributed by atoms with Crippen LogP contribution in [0.4, 0.5) is 0 Å². The van der Waals surface area contributed by atoms with Gasteiger partial charge in [0.15, 0.2) is 0 Å². The zero-order valence-electron chi connectivity index (χ0n) is 5.99. The molecule has 5 heteroatoms. The molecule has 0 aromatic heterocycles. The summed E-state index contributed by atoms with van der Waals surface area (Å²) in [6, 6.07) is 0. The van der Waals surface area contributed by atoms with Crippen molar-refractivity contribution in [3.8, 4) is 0 Å².